The highest BCUT2D eigenvalue weighted by molar-refractivity contribution is 4.77. The highest BCUT2D eigenvalue weighted by Crippen LogP contribution is 2.24. The quantitative estimate of drug-likeness (QED) is 0.643. The average Bonchev–Trinajstić information content (AvgIpc) is 1.86. The van der Waals surface area contributed by atoms with E-state index in [1.807, 2.05) is 6.92 Å². The lowest BCUT2D eigenvalue weighted by atomic mass is 9.85. The van der Waals surface area contributed by atoms with Gasteiger partial charge in [0.1, 0.15) is 0 Å². The lowest BCUT2D eigenvalue weighted by Crippen LogP contribution is -2.31. The molecule has 0 aromatic carbocycles. The van der Waals surface area contributed by atoms with Crippen molar-refractivity contribution in [2.45, 2.75) is 52.6 Å². The number of rotatable bonds is 4. The zero-order chi connectivity index (χ0) is 8.20. The van der Waals surface area contributed by atoms with E-state index in [0.717, 1.165) is 19.3 Å². The Morgan fingerprint density at radius 3 is 2.20 bits per heavy atom. The van der Waals surface area contributed by atoms with Crippen molar-refractivity contribution >= 4 is 0 Å². The molecule has 0 rings (SSSR count). The van der Waals surface area contributed by atoms with Crippen molar-refractivity contribution < 1.29 is 5.11 Å². The summed E-state index contributed by atoms with van der Waals surface area (Å²) in [6, 6.07) is 0. The Hall–Kier alpha value is -0.0400. The van der Waals surface area contributed by atoms with Crippen LogP contribution >= 0.6 is 0 Å². The summed E-state index contributed by atoms with van der Waals surface area (Å²) in [7, 11) is 0. The van der Waals surface area contributed by atoms with Gasteiger partial charge >= 0.3 is 0 Å². The summed E-state index contributed by atoms with van der Waals surface area (Å²) in [5.41, 5.74) is -0.441. The van der Waals surface area contributed by atoms with Crippen molar-refractivity contribution in [1.82, 2.24) is 0 Å². The fourth-order valence-corrected chi connectivity index (χ4v) is 1.19. The molecule has 0 saturated carbocycles. The second-order valence-electron chi connectivity index (χ2n) is 3.42. The van der Waals surface area contributed by atoms with Crippen LogP contribution in [0.2, 0.25) is 0 Å². The first-order valence-electron chi connectivity index (χ1n) is 4.27. The van der Waals surface area contributed by atoms with Gasteiger partial charge in [-0.25, -0.2) is 0 Å². The standard InChI is InChI=1S/C9H20O/c1-5-7-9(4,10)8(3)6-2/h8,10H,5-7H2,1-4H3/t8-,9-/m0/s1. The molecule has 0 fully saturated rings. The zero-order valence-corrected chi connectivity index (χ0v) is 7.65. The molecule has 0 saturated heterocycles. The molecule has 0 unspecified atom stereocenters. The summed E-state index contributed by atoms with van der Waals surface area (Å²) in [6.45, 7) is 8.27. The van der Waals surface area contributed by atoms with Gasteiger partial charge in [-0.3, -0.25) is 0 Å². The first kappa shape index (κ1) is 9.96. The highest BCUT2D eigenvalue weighted by atomic mass is 16.3. The maximum absolute atomic E-state index is 9.78. The van der Waals surface area contributed by atoms with Crippen molar-refractivity contribution in [1.29, 1.82) is 0 Å². The molecule has 0 heterocycles. The van der Waals surface area contributed by atoms with Crippen LogP contribution in [0, 0.1) is 5.92 Å². The van der Waals surface area contributed by atoms with Gasteiger partial charge in [0.25, 0.3) is 0 Å². The molecule has 0 aliphatic heterocycles. The van der Waals surface area contributed by atoms with Gasteiger partial charge in [0.2, 0.25) is 0 Å². The van der Waals surface area contributed by atoms with Gasteiger partial charge in [-0.15, -0.1) is 0 Å². The van der Waals surface area contributed by atoms with E-state index in [2.05, 4.69) is 20.8 Å². The summed E-state index contributed by atoms with van der Waals surface area (Å²) in [5, 5.41) is 9.78. The molecule has 0 bridgehead atoms. The Labute approximate surface area is 64.5 Å². The summed E-state index contributed by atoms with van der Waals surface area (Å²) < 4.78 is 0. The SMILES string of the molecule is CCC[C@](C)(O)[C@@H](C)CC. The third-order valence-electron chi connectivity index (χ3n) is 2.43. The fourth-order valence-electron chi connectivity index (χ4n) is 1.19. The van der Waals surface area contributed by atoms with E-state index in [9.17, 15) is 5.11 Å². The van der Waals surface area contributed by atoms with Crippen molar-refractivity contribution in [3.05, 3.63) is 0 Å². The van der Waals surface area contributed by atoms with E-state index in [0.29, 0.717) is 5.92 Å². The fraction of sp³-hybridized carbons (Fsp3) is 1.00. The van der Waals surface area contributed by atoms with Crippen LogP contribution in [0.5, 0.6) is 0 Å². The molecule has 0 amide bonds. The average molecular weight is 144 g/mol. The van der Waals surface area contributed by atoms with Gasteiger partial charge in [0, 0.05) is 0 Å². The molecule has 2 atom stereocenters. The van der Waals surface area contributed by atoms with E-state index < -0.39 is 5.60 Å². The minimum atomic E-state index is -0.441. The Morgan fingerprint density at radius 2 is 1.90 bits per heavy atom. The minimum absolute atomic E-state index is 0.424. The Kier molecular flexibility index (Phi) is 3.95. The second-order valence-corrected chi connectivity index (χ2v) is 3.42. The van der Waals surface area contributed by atoms with E-state index in [1.165, 1.54) is 0 Å². The molecule has 0 radical (unpaired) electrons. The Bertz CT molecular complexity index is 86.7. The molecule has 0 spiro atoms. The molecule has 1 heteroatoms. The van der Waals surface area contributed by atoms with Gasteiger partial charge in [-0.1, -0.05) is 33.6 Å². The van der Waals surface area contributed by atoms with Gasteiger partial charge in [0.15, 0.2) is 0 Å². The summed E-state index contributed by atoms with van der Waals surface area (Å²) in [5.74, 6) is 0.424. The van der Waals surface area contributed by atoms with E-state index >= 15 is 0 Å². The first-order chi connectivity index (χ1) is 4.54. The van der Waals surface area contributed by atoms with Crippen molar-refractivity contribution in [3.8, 4) is 0 Å². The number of aliphatic hydroxyl groups is 1. The molecule has 0 aromatic heterocycles. The Morgan fingerprint density at radius 1 is 1.40 bits per heavy atom. The second kappa shape index (κ2) is 3.97. The molecule has 1 nitrogen and oxygen atoms in total. The summed E-state index contributed by atoms with van der Waals surface area (Å²) >= 11 is 0. The van der Waals surface area contributed by atoms with Crippen LogP contribution in [0.4, 0.5) is 0 Å². The molecule has 10 heavy (non-hydrogen) atoms. The lowest BCUT2D eigenvalue weighted by molar-refractivity contribution is -0.00371. The predicted octanol–water partition coefficient (Wildman–Crippen LogP) is 2.58. The predicted molar refractivity (Wildman–Crippen MR) is 45.0 cm³/mol. The van der Waals surface area contributed by atoms with Crippen LogP contribution in [0.15, 0.2) is 0 Å². The third kappa shape index (κ3) is 2.70. The van der Waals surface area contributed by atoms with Crippen LogP contribution in [0.3, 0.4) is 0 Å². The first-order valence-corrected chi connectivity index (χ1v) is 4.27. The summed E-state index contributed by atoms with van der Waals surface area (Å²) in [6.07, 6.45) is 3.05. The van der Waals surface area contributed by atoms with Crippen molar-refractivity contribution in [2.75, 3.05) is 0 Å². The molecule has 1 N–H and O–H groups in total. The third-order valence-corrected chi connectivity index (χ3v) is 2.43. The smallest absolute Gasteiger partial charge is 0.0645 e. The molecule has 62 valence electrons. The van der Waals surface area contributed by atoms with Gasteiger partial charge < -0.3 is 5.11 Å². The van der Waals surface area contributed by atoms with Crippen LogP contribution in [0.25, 0.3) is 0 Å². The van der Waals surface area contributed by atoms with Gasteiger partial charge in [0.05, 0.1) is 5.60 Å². The van der Waals surface area contributed by atoms with Gasteiger partial charge in [-0.2, -0.15) is 0 Å². The van der Waals surface area contributed by atoms with Crippen LogP contribution < -0.4 is 0 Å². The summed E-state index contributed by atoms with van der Waals surface area (Å²) in [4.78, 5) is 0. The van der Waals surface area contributed by atoms with E-state index in [1.54, 1.807) is 0 Å². The molecule has 0 aromatic rings. The topological polar surface area (TPSA) is 20.2 Å². The maximum atomic E-state index is 9.78. The maximum Gasteiger partial charge on any atom is 0.0645 e. The Balaban J connectivity index is 3.82. The molecule has 0 aliphatic carbocycles. The number of hydrogen-bond donors (Lipinski definition) is 1. The van der Waals surface area contributed by atoms with Crippen LogP contribution in [0.1, 0.15) is 47.0 Å². The zero-order valence-electron chi connectivity index (χ0n) is 7.65. The molecule has 0 aliphatic rings. The molecular formula is C9H20O. The lowest BCUT2D eigenvalue weighted by Gasteiger charge is -2.29. The normalized spacial score (nSPS) is 20.1. The van der Waals surface area contributed by atoms with E-state index in [-0.39, 0.29) is 0 Å². The van der Waals surface area contributed by atoms with Crippen LogP contribution in [-0.2, 0) is 0 Å². The highest BCUT2D eigenvalue weighted by Gasteiger charge is 2.25. The van der Waals surface area contributed by atoms with Crippen molar-refractivity contribution in [3.63, 3.8) is 0 Å². The van der Waals surface area contributed by atoms with Crippen LogP contribution in [-0.4, -0.2) is 10.7 Å². The minimum Gasteiger partial charge on any atom is -0.390 e. The number of hydrogen-bond acceptors (Lipinski definition) is 1. The monoisotopic (exact) mass is 144 g/mol. The van der Waals surface area contributed by atoms with E-state index in [4.69, 9.17) is 0 Å². The van der Waals surface area contributed by atoms with Gasteiger partial charge in [-0.05, 0) is 19.3 Å². The molecular weight excluding hydrogens is 124 g/mol. The largest absolute Gasteiger partial charge is 0.390 e. The van der Waals surface area contributed by atoms with Crippen molar-refractivity contribution in [2.24, 2.45) is 5.92 Å².